The third kappa shape index (κ3) is 4.85. The lowest BCUT2D eigenvalue weighted by Crippen LogP contribution is -2.45. The van der Waals surface area contributed by atoms with Crippen molar-refractivity contribution in [3.8, 4) is 5.75 Å². The molecule has 3 aromatic rings. The lowest BCUT2D eigenvalue weighted by atomic mass is 10.0. The first kappa shape index (κ1) is 21.7. The Kier molecular flexibility index (Phi) is 6.90. The van der Waals surface area contributed by atoms with Crippen molar-refractivity contribution in [1.82, 2.24) is 10.2 Å². The lowest BCUT2D eigenvalue weighted by Gasteiger charge is -2.32. The highest BCUT2D eigenvalue weighted by atomic mass is 16.5. The van der Waals surface area contributed by atoms with Crippen molar-refractivity contribution in [2.45, 2.75) is 44.3 Å². The lowest BCUT2D eigenvalue weighted by molar-refractivity contribution is -0.126. The van der Waals surface area contributed by atoms with Gasteiger partial charge in [0, 0.05) is 11.6 Å². The minimum Gasteiger partial charge on any atom is -0.496 e. The molecule has 32 heavy (non-hydrogen) atoms. The summed E-state index contributed by atoms with van der Waals surface area (Å²) >= 11 is 0. The molecule has 2 amide bonds. The summed E-state index contributed by atoms with van der Waals surface area (Å²) in [6.45, 7) is 0.196. The van der Waals surface area contributed by atoms with E-state index >= 15 is 0 Å². The minimum atomic E-state index is -0.806. The molecule has 1 aliphatic rings. The second kappa shape index (κ2) is 10.2. The van der Waals surface area contributed by atoms with Crippen LogP contribution in [0.2, 0.25) is 0 Å². The van der Waals surface area contributed by atoms with Crippen LogP contribution in [0.15, 0.2) is 77.4 Å². The molecule has 0 aliphatic heterocycles. The van der Waals surface area contributed by atoms with Crippen LogP contribution in [-0.2, 0) is 11.3 Å². The zero-order valence-corrected chi connectivity index (χ0v) is 18.2. The number of para-hydroxylation sites is 1. The number of amides is 2. The number of nitrogens with zero attached hydrogens (tertiary/aromatic N) is 1. The summed E-state index contributed by atoms with van der Waals surface area (Å²) in [6.07, 6.45) is 5.61. The van der Waals surface area contributed by atoms with Gasteiger partial charge in [-0.15, -0.1) is 0 Å². The largest absolute Gasteiger partial charge is 0.496 e. The van der Waals surface area contributed by atoms with E-state index in [-0.39, 0.29) is 30.2 Å². The van der Waals surface area contributed by atoms with E-state index in [0.717, 1.165) is 36.8 Å². The van der Waals surface area contributed by atoms with Crippen LogP contribution in [0.25, 0.3) is 0 Å². The van der Waals surface area contributed by atoms with Gasteiger partial charge in [-0.3, -0.25) is 9.59 Å². The molecule has 6 heteroatoms. The van der Waals surface area contributed by atoms with Crippen molar-refractivity contribution >= 4 is 11.8 Å². The van der Waals surface area contributed by atoms with Gasteiger partial charge < -0.3 is 19.4 Å². The average molecular weight is 433 g/mol. The highest BCUT2D eigenvalue weighted by Gasteiger charge is 2.35. The molecule has 1 saturated carbocycles. The number of hydrogen-bond acceptors (Lipinski definition) is 4. The summed E-state index contributed by atoms with van der Waals surface area (Å²) < 4.78 is 10.9. The minimum absolute atomic E-state index is 0.139. The molecule has 166 valence electrons. The second-order valence-electron chi connectivity index (χ2n) is 8.03. The van der Waals surface area contributed by atoms with Crippen molar-refractivity contribution in [2.24, 2.45) is 0 Å². The Balaban J connectivity index is 1.74. The quantitative estimate of drug-likeness (QED) is 0.559. The molecule has 4 rings (SSSR count). The first-order valence-electron chi connectivity index (χ1n) is 11.0. The molecule has 6 nitrogen and oxygen atoms in total. The van der Waals surface area contributed by atoms with Crippen molar-refractivity contribution in [3.05, 3.63) is 89.9 Å². The van der Waals surface area contributed by atoms with E-state index in [4.69, 9.17) is 9.15 Å². The molecule has 0 spiro atoms. The first-order chi connectivity index (χ1) is 15.7. The van der Waals surface area contributed by atoms with Crippen LogP contribution in [0, 0.1) is 0 Å². The predicted molar refractivity (Wildman–Crippen MR) is 121 cm³/mol. The number of rotatable bonds is 8. The number of nitrogens with one attached hydrogen (secondary N) is 1. The number of hydrogen-bond donors (Lipinski definition) is 1. The highest BCUT2D eigenvalue weighted by Crippen LogP contribution is 2.29. The Labute approximate surface area is 188 Å². The van der Waals surface area contributed by atoms with E-state index in [9.17, 15) is 9.59 Å². The zero-order chi connectivity index (χ0) is 22.3. The van der Waals surface area contributed by atoms with Crippen molar-refractivity contribution in [1.29, 1.82) is 0 Å². The highest BCUT2D eigenvalue weighted by molar-refractivity contribution is 5.96. The monoisotopic (exact) mass is 432 g/mol. The molecule has 1 atom stereocenters. The van der Waals surface area contributed by atoms with Crippen molar-refractivity contribution in [3.63, 3.8) is 0 Å². The molecule has 1 aliphatic carbocycles. The Morgan fingerprint density at radius 3 is 2.44 bits per heavy atom. The number of ether oxygens (including phenoxy) is 1. The summed E-state index contributed by atoms with van der Waals surface area (Å²) in [5.41, 5.74) is 1.56. The first-order valence-corrected chi connectivity index (χ1v) is 11.0. The summed E-state index contributed by atoms with van der Waals surface area (Å²) in [6, 6.07) is 19.6. The molecule has 2 aromatic carbocycles. The van der Waals surface area contributed by atoms with Crippen LogP contribution in [0.4, 0.5) is 0 Å². The number of carbonyl (C=O) groups is 2. The van der Waals surface area contributed by atoms with Gasteiger partial charge in [0.1, 0.15) is 11.8 Å². The van der Waals surface area contributed by atoms with E-state index < -0.39 is 6.04 Å². The summed E-state index contributed by atoms with van der Waals surface area (Å²) in [4.78, 5) is 28.7. The molecule has 1 N–H and O–H groups in total. The third-order valence-electron chi connectivity index (χ3n) is 5.90. The van der Waals surface area contributed by atoms with Crippen molar-refractivity contribution in [2.75, 3.05) is 7.11 Å². The average Bonchev–Trinajstić information content (AvgIpc) is 3.54. The van der Waals surface area contributed by atoms with Crippen molar-refractivity contribution < 1.29 is 18.7 Å². The van der Waals surface area contributed by atoms with Gasteiger partial charge >= 0.3 is 0 Å². The number of furan rings is 1. The fourth-order valence-corrected chi connectivity index (χ4v) is 4.30. The summed E-state index contributed by atoms with van der Waals surface area (Å²) in [5, 5.41) is 3.18. The molecule has 0 unspecified atom stereocenters. The van der Waals surface area contributed by atoms with Crippen LogP contribution >= 0.6 is 0 Å². The maximum Gasteiger partial charge on any atom is 0.290 e. The molecule has 1 heterocycles. The van der Waals surface area contributed by atoms with Gasteiger partial charge in [0.25, 0.3) is 5.91 Å². The Morgan fingerprint density at radius 2 is 1.75 bits per heavy atom. The molecule has 1 aromatic heterocycles. The maximum absolute atomic E-state index is 13.6. The second-order valence-corrected chi connectivity index (χ2v) is 8.03. The molecule has 1 fully saturated rings. The predicted octanol–water partition coefficient (Wildman–Crippen LogP) is 4.73. The van der Waals surface area contributed by atoms with Gasteiger partial charge in [0.15, 0.2) is 5.76 Å². The topological polar surface area (TPSA) is 71.8 Å². The molecule has 0 radical (unpaired) electrons. The van der Waals surface area contributed by atoms with E-state index in [2.05, 4.69) is 5.32 Å². The van der Waals surface area contributed by atoms with E-state index in [1.807, 2.05) is 54.6 Å². The van der Waals surface area contributed by atoms with Crippen LogP contribution in [0.3, 0.4) is 0 Å². The molecular formula is C26H28N2O4. The number of benzene rings is 2. The summed E-state index contributed by atoms with van der Waals surface area (Å²) in [7, 11) is 1.60. The smallest absolute Gasteiger partial charge is 0.290 e. The number of methoxy groups -OCH3 is 1. The normalized spacial score (nSPS) is 14.7. The fourth-order valence-electron chi connectivity index (χ4n) is 4.30. The van der Waals surface area contributed by atoms with E-state index in [0.29, 0.717) is 5.75 Å². The maximum atomic E-state index is 13.6. The zero-order valence-electron chi connectivity index (χ0n) is 18.2. The molecular weight excluding hydrogens is 404 g/mol. The van der Waals surface area contributed by atoms with Gasteiger partial charge in [-0.1, -0.05) is 61.4 Å². The van der Waals surface area contributed by atoms with Crippen LogP contribution in [0.5, 0.6) is 5.75 Å². The van der Waals surface area contributed by atoms with Crippen LogP contribution in [0.1, 0.15) is 53.4 Å². The molecule has 0 saturated heterocycles. The Hall–Kier alpha value is -3.54. The third-order valence-corrected chi connectivity index (χ3v) is 5.90. The van der Waals surface area contributed by atoms with Gasteiger partial charge in [-0.05, 0) is 36.6 Å². The Bertz CT molecular complexity index is 1030. The summed E-state index contributed by atoms with van der Waals surface area (Å²) in [5.74, 6) is 0.316. The van der Waals surface area contributed by atoms with Crippen LogP contribution in [-0.4, -0.2) is 29.9 Å². The van der Waals surface area contributed by atoms with Gasteiger partial charge in [-0.2, -0.15) is 0 Å². The Morgan fingerprint density at radius 1 is 1.03 bits per heavy atom. The van der Waals surface area contributed by atoms with Gasteiger partial charge in [0.05, 0.1) is 19.9 Å². The van der Waals surface area contributed by atoms with E-state index in [1.54, 1.807) is 24.1 Å². The van der Waals surface area contributed by atoms with E-state index in [1.165, 1.54) is 6.26 Å². The molecule has 0 bridgehead atoms. The van der Waals surface area contributed by atoms with Gasteiger partial charge in [0.2, 0.25) is 5.91 Å². The van der Waals surface area contributed by atoms with Gasteiger partial charge in [-0.25, -0.2) is 0 Å². The SMILES string of the molecule is COc1ccccc1CN(C(=O)c1ccco1)[C@H](C(=O)NC1CCCC1)c1ccccc1. The fraction of sp³-hybridized carbons (Fsp3) is 0.308. The standard InChI is InChI=1S/C26H28N2O4/c1-31-22-15-8-5-12-20(22)18-28(26(30)23-16-9-17-32-23)24(19-10-3-2-4-11-19)25(29)27-21-13-6-7-14-21/h2-5,8-12,15-17,21,24H,6-7,13-14,18H2,1H3,(H,27,29)/t24-/m0/s1. The number of carbonyl (C=O) groups excluding carboxylic acids is 2. The van der Waals surface area contributed by atoms with Crippen LogP contribution < -0.4 is 10.1 Å².